The van der Waals surface area contributed by atoms with Crippen molar-refractivity contribution in [3.05, 3.63) is 71.8 Å². The molecular weight excluding hydrogens is 299 g/mol. The van der Waals surface area contributed by atoms with Gasteiger partial charge in [0.1, 0.15) is 18.2 Å². The van der Waals surface area contributed by atoms with Gasteiger partial charge in [0.25, 0.3) is 5.82 Å². The number of aromatic nitrogens is 4. The van der Waals surface area contributed by atoms with Crippen LogP contribution < -0.4 is 0 Å². The smallest absolute Gasteiger partial charge is 0.378 e. The van der Waals surface area contributed by atoms with Gasteiger partial charge >= 0.3 is 5.97 Å². The van der Waals surface area contributed by atoms with Gasteiger partial charge in [-0.25, -0.2) is 18.9 Å². The summed E-state index contributed by atoms with van der Waals surface area (Å²) >= 11 is 0. The van der Waals surface area contributed by atoms with E-state index in [0.29, 0.717) is 17.2 Å². The molecule has 0 spiro atoms. The molecule has 0 radical (unpaired) electrons. The van der Waals surface area contributed by atoms with E-state index in [0.717, 1.165) is 0 Å². The van der Waals surface area contributed by atoms with Gasteiger partial charge in [-0.1, -0.05) is 6.07 Å². The molecule has 7 heteroatoms. The molecule has 0 amide bonds. The van der Waals surface area contributed by atoms with E-state index in [-0.39, 0.29) is 18.2 Å². The SMILES string of the molecule is Cc1nc(C(=O)OCc2ccccn2)nn1-c1ccc(F)cc1. The van der Waals surface area contributed by atoms with Crippen molar-refractivity contribution >= 4 is 5.97 Å². The zero-order valence-corrected chi connectivity index (χ0v) is 12.3. The average molecular weight is 312 g/mol. The maximum absolute atomic E-state index is 13.0. The van der Waals surface area contributed by atoms with Crippen molar-refractivity contribution in [2.45, 2.75) is 13.5 Å². The number of ether oxygens (including phenoxy) is 1. The van der Waals surface area contributed by atoms with Crippen LogP contribution in [0.3, 0.4) is 0 Å². The maximum atomic E-state index is 13.0. The molecule has 2 heterocycles. The first-order chi connectivity index (χ1) is 11.1. The van der Waals surface area contributed by atoms with Crippen LogP contribution in [0.4, 0.5) is 4.39 Å². The molecule has 0 aliphatic rings. The number of esters is 1. The molecule has 6 nitrogen and oxygen atoms in total. The van der Waals surface area contributed by atoms with Gasteiger partial charge in [0.15, 0.2) is 0 Å². The summed E-state index contributed by atoms with van der Waals surface area (Å²) < 4.78 is 19.6. The fourth-order valence-corrected chi connectivity index (χ4v) is 1.99. The molecule has 0 saturated carbocycles. The Bertz CT molecular complexity index is 816. The Balaban J connectivity index is 1.75. The van der Waals surface area contributed by atoms with E-state index in [2.05, 4.69) is 15.1 Å². The van der Waals surface area contributed by atoms with Gasteiger partial charge in [-0.3, -0.25) is 4.98 Å². The predicted molar refractivity (Wildman–Crippen MR) is 79.4 cm³/mol. The van der Waals surface area contributed by atoms with Gasteiger partial charge in [-0.05, 0) is 43.3 Å². The van der Waals surface area contributed by atoms with Crippen LogP contribution in [0.2, 0.25) is 0 Å². The molecular formula is C16H13FN4O2. The molecule has 0 aliphatic heterocycles. The van der Waals surface area contributed by atoms with E-state index in [4.69, 9.17) is 4.74 Å². The van der Waals surface area contributed by atoms with Gasteiger partial charge in [0.2, 0.25) is 0 Å². The summed E-state index contributed by atoms with van der Waals surface area (Å²) in [4.78, 5) is 20.2. The molecule has 0 bridgehead atoms. The Labute approximate surface area is 131 Å². The summed E-state index contributed by atoms with van der Waals surface area (Å²) in [6.07, 6.45) is 1.62. The first kappa shape index (κ1) is 14.8. The van der Waals surface area contributed by atoms with E-state index in [1.807, 2.05) is 6.07 Å². The highest BCUT2D eigenvalue weighted by Gasteiger charge is 2.17. The number of rotatable bonds is 4. The molecule has 2 aromatic heterocycles. The lowest BCUT2D eigenvalue weighted by Gasteiger charge is -2.02. The van der Waals surface area contributed by atoms with Crippen molar-refractivity contribution in [3.63, 3.8) is 0 Å². The maximum Gasteiger partial charge on any atom is 0.378 e. The third-order valence-corrected chi connectivity index (χ3v) is 3.10. The molecule has 0 N–H and O–H groups in total. The lowest BCUT2D eigenvalue weighted by molar-refractivity contribution is 0.0453. The molecule has 0 atom stereocenters. The Morgan fingerprint density at radius 2 is 2.00 bits per heavy atom. The predicted octanol–water partition coefficient (Wildman–Crippen LogP) is 2.47. The Hall–Kier alpha value is -3.09. The van der Waals surface area contributed by atoms with E-state index < -0.39 is 5.97 Å². The number of aryl methyl sites for hydroxylation is 1. The fraction of sp³-hybridized carbons (Fsp3) is 0.125. The molecule has 3 aromatic rings. The summed E-state index contributed by atoms with van der Waals surface area (Å²) in [6, 6.07) is 11.1. The average Bonchev–Trinajstić information content (AvgIpc) is 2.96. The largest absolute Gasteiger partial charge is 0.453 e. The monoisotopic (exact) mass is 312 g/mol. The van der Waals surface area contributed by atoms with E-state index >= 15 is 0 Å². The van der Waals surface area contributed by atoms with Crippen LogP contribution in [0.25, 0.3) is 5.69 Å². The van der Waals surface area contributed by atoms with Crippen LogP contribution in [0.1, 0.15) is 22.1 Å². The number of nitrogens with zero attached hydrogens (tertiary/aromatic N) is 4. The summed E-state index contributed by atoms with van der Waals surface area (Å²) in [7, 11) is 0. The first-order valence-corrected chi connectivity index (χ1v) is 6.90. The van der Waals surface area contributed by atoms with Crippen LogP contribution in [-0.2, 0) is 11.3 Å². The quantitative estimate of drug-likeness (QED) is 0.692. The van der Waals surface area contributed by atoms with Crippen LogP contribution in [-0.4, -0.2) is 25.7 Å². The second kappa shape index (κ2) is 6.35. The number of hydrogen-bond acceptors (Lipinski definition) is 5. The fourth-order valence-electron chi connectivity index (χ4n) is 1.99. The normalized spacial score (nSPS) is 10.5. The minimum Gasteiger partial charge on any atom is -0.453 e. The lowest BCUT2D eigenvalue weighted by atomic mass is 10.3. The van der Waals surface area contributed by atoms with Crippen LogP contribution in [0.15, 0.2) is 48.7 Å². The van der Waals surface area contributed by atoms with Crippen LogP contribution >= 0.6 is 0 Å². The van der Waals surface area contributed by atoms with Gasteiger partial charge < -0.3 is 4.74 Å². The van der Waals surface area contributed by atoms with Crippen molar-refractivity contribution in [1.82, 2.24) is 19.7 Å². The third-order valence-electron chi connectivity index (χ3n) is 3.10. The number of hydrogen-bond donors (Lipinski definition) is 0. The Morgan fingerprint density at radius 3 is 2.70 bits per heavy atom. The van der Waals surface area contributed by atoms with Crippen molar-refractivity contribution in [3.8, 4) is 5.69 Å². The zero-order valence-electron chi connectivity index (χ0n) is 12.3. The Morgan fingerprint density at radius 1 is 1.22 bits per heavy atom. The molecule has 0 unspecified atom stereocenters. The van der Waals surface area contributed by atoms with E-state index in [9.17, 15) is 9.18 Å². The second-order valence-electron chi connectivity index (χ2n) is 4.77. The molecule has 116 valence electrons. The summed E-state index contributed by atoms with van der Waals surface area (Å²) in [5.41, 5.74) is 1.25. The minimum atomic E-state index is -0.639. The standard InChI is InChI=1S/C16H13FN4O2/c1-11-19-15(16(22)23-10-13-4-2-3-9-18-13)20-21(11)14-7-5-12(17)6-8-14/h2-9H,10H2,1H3. The van der Waals surface area contributed by atoms with E-state index in [1.54, 1.807) is 37.4 Å². The number of pyridine rings is 1. The van der Waals surface area contributed by atoms with Gasteiger partial charge in [-0.15, -0.1) is 5.10 Å². The highest BCUT2D eigenvalue weighted by Crippen LogP contribution is 2.11. The molecule has 1 aromatic carbocycles. The zero-order chi connectivity index (χ0) is 16.2. The van der Waals surface area contributed by atoms with Crippen molar-refractivity contribution in [2.75, 3.05) is 0 Å². The van der Waals surface area contributed by atoms with Gasteiger partial charge in [0.05, 0.1) is 11.4 Å². The van der Waals surface area contributed by atoms with Crippen molar-refractivity contribution in [1.29, 1.82) is 0 Å². The van der Waals surface area contributed by atoms with Gasteiger partial charge in [-0.2, -0.15) is 0 Å². The van der Waals surface area contributed by atoms with E-state index in [1.165, 1.54) is 16.8 Å². The van der Waals surface area contributed by atoms with Crippen molar-refractivity contribution in [2.24, 2.45) is 0 Å². The summed E-state index contributed by atoms with van der Waals surface area (Å²) in [5, 5.41) is 4.11. The molecule has 0 saturated heterocycles. The first-order valence-electron chi connectivity index (χ1n) is 6.90. The number of benzene rings is 1. The number of carbonyl (C=O) groups is 1. The minimum absolute atomic E-state index is 0.0454. The highest BCUT2D eigenvalue weighted by molar-refractivity contribution is 5.85. The summed E-state index contributed by atoms with van der Waals surface area (Å²) in [5.74, 6) is -0.537. The molecule has 0 aliphatic carbocycles. The number of carbonyl (C=O) groups excluding carboxylic acids is 1. The number of halogens is 1. The van der Waals surface area contributed by atoms with Crippen LogP contribution in [0, 0.1) is 12.7 Å². The van der Waals surface area contributed by atoms with Gasteiger partial charge in [0, 0.05) is 6.20 Å². The molecule has 0 fully saturated rings. The topological polar surface area (TPSA) is 69.9 Å². The highest BCUT2D eigenvalue weighted by atomic mass is 19.1. The summed E-state index contributed by atoms with van der Waals surface area (Å²) in [6.45, 7) is 1.75. The van der Waals surface area contributed by atoms with Crippen molar-refractivity contribution < 1.29 is 13.9 Å². The molecule has 23 heavy (non-hydrogen) atoms. The third kappa shape index (κ3) is 3.39. The van der Waals surface area contributed by atoms with Crippen LogP contribution in [0.5, 0.6) is 0 Å². The second-order valence-corrected chi connectivity index (χ2v) is 4.77. The molecule has 3 rings (SSSR count). The Kier molecular flexibility index (Phi) is 4.09. The lowest BCUT2D eigenvalue weighted by Crippen LogP contribution is -2.09.